The molecule has 1 saturated heterocycles. The molecule has 2 N–H and O–H groups in total. The summed E-state index contributed by atoms with van der Waals surface area (Å²) < 4.78 is 7.44. The lowest BCUT2D eigenvalue weighted by molar-refractivity contribution is -0.122. The highest BCUT2D eigenvalue weighted by atomic mass is 35.5. The highest BCUT2D eigenvalue weighted by molar-refractivity contribution is 6.30. The third-order valence-corrected chi connectivity index (χ3v) is 7.01. The average molecular weight is 523 g/mol. The Morgan fingerprint density at radius 3 is 2.54 bits per heavy atom. The molecule has 1 aromatic heterocycles. The first kappa shape index (κ1) is 24.8. The summed E-state index contributed by atoms with van der Waals surface area (Å²) in [6.07, 6.45) is 0.281. The summed E-state index contributed by atoms with van der Waals surface area (Å²) in [7, 11) is 1.61. The number of amides is 2. The van der Waals surface area contributed by atoms with Crippen molar-refractivity contribution in [3.05, 3.63) is 70.3 Å². The average Bonchev–Trinajstić information content (AvgIpc) is 3.21. The molecule has 37 heavy (non-hydrogen) atoms. The SMILES string of the molecule is COc1ccc2c(c1)C(c1ccc(Cl)cc1)=N[C@@H](CC(=O)NC1CCN(C(=O)O)CC1)c1nnc(C)n1-2. The highest BCUT2D eigenvalue weighted by Gasteiger charge is 2.31. The minimum absolute atomic E-state index is 0.0689. The van der Waals surface area contributed by atoms with Crippen LogP contribution in [-0.2, 0) is 4.79 Å². The molecule has 1 atom stereocenters. The van der Waals surface area contributed by atoms with E-state index in [9.17, 15) is 14.7 Å². The van der Waals surface area contributed by atoms with Crippen LogP contribution in [0.5, 0.6) is 5.75 Å². The minimum atomic E-state index is -0.932. The number of carbonyl (C=O) groups is 2. The largest absolute Gasteiger partial charge is 0.497 e. The number of aliphatic imine (C=N–C) groups is 1. The van der Waals surface area contributed by atoms with Crippen molar-refractivity contribution in [2.75, 3.05) is 20.2 Å². The monoisotopic (exact) mass is 522 g/mol. The zero-order chi connectivity index (χ0) is 26.1. The van der Waals surface area contributed by atoms with Crippen molar-refractivity contribution in [1.82, 2.24) is 25.0 Å². The van der Waals surface area contributed by atoms with Crippen LogP contribution in [0.4, 0.5) is 4.79 Å². The molecule has 0 aliphatic carbocycles. The quantitative estimate of drug-likeness (QED) is 0.526. The maximum atomic E-state index is 13.2. The molecule has 2 aliphatic heterocycles. The number of hydrogen-bond donors (Lipinski definition) is 2. The van der Waals surface area contributed by atoms with E-state index in [1.165, 1.54) is 4.90 Å². The van der Waals surface area contributed by atoms with Crippen LogP contribution >= 0.6 is 11.6 Å². The number of aromatic nitrogens is 3. The van der Waals surface area contributed by atoms with Gasteiger partial charge in [-0.15, -0.1) is 10.2 Å². The number of methoxy groups -OCH3 is 1. The molecule has 5 rings (SSSR count). The van der Waals surface area contributed by atoms with Crippen molar-refractivity contribution >= 4 is 29.3 Å². The number of fused-ring (bicyclic) bond motifs is 3. The molecule has 2 aliphatic rings. The van der Waals surface area contributed by atoms with Gasteiger partial charge in [-0.05, 0) is 50.1 Å². The van der Waals surface area contributed by atoms with Crippen LogP contribution in [0, 0.1) is 6.92 Å². The Hall–Kier alpha value is -3.92. The molecule has 0 bridgehead atoms. The fourth-order valence-electron chi connectivity index (χ4n) is 4.85. The number of nitrogens with zero attached hydrogens (tertiary/aromatic N) is 5. The summed E-state index contributed by atoms with van der Waals surface area (Å²) in [6, 6.07) is 12.5. The normalized spacial score (nSPS) is 17.3. The number of benzene rings is 2. The molecular formula is C26H27ClN6O4. The highest BCUT2D eigenvalue weighted by Crippen LogP contribution is 2.34. The molecule has 3 heterocycles. The van der Waals surface area contributed by atoms with Crippen LogP contribution in [0.15, 0.2) is 47.5 Å². The second-order valence-corrected chi connectivity index (χ2v) is 9.58. The van der Waals surface area contributed by atoms with Crippen molar-refractivity contribution in [2.24, 2.45) is 4.99 Å². The summed E-state index contributed by atoms with van der Waals surface area (Å²) in [4.78, 5) is 30.8. The Balaban J connectivity index is 1.50. The lowest BCUT2D eigenvalue weighted by atomic mass is 10.00. The Labute approximate surface area is 218 Å². The van der Waals surface area contributed by atoms with Gasteiger partial charge in [-0.3, -0.25) is 14.4 Å². The van der Waals surface area contributed by atoms with Gasteiger partial charge in [0.2, 0.25) is 5.91 Å². The zero-order valence-electron chi connectivity index (χ0n) is 20.5. The van der Waals surface area contributed by atoms with Gasteiger partial charge in [0.15, 0.2) is 5.82 Å². The van der Waals surface area contributed by atoms with Gasteiger partial charge >= 0.3 is 6.09 Å². The van der Waals surface area contributed by atoms with Crippen LogP contribution < -0.4 is 10.1 Å². The zero-order valence-corrected chi connectivity index (χ0v) is 21.3. The molecular weight excluding hydrogens is 496 g/mol. The molecule has 0 unspecified atom stereocenters. The summed E-state index contributed by atoms with van der Waals surface area (Å²) in [6.45, 7) is 2.66. The van der Waals surface area contributed by atoms with E-state index in [1.54, 1.807) is 19.2 Å². The molecule has 10 nitrogen and oxygen atoms in total. The number of halogens is 1. The van der Waals surface area contributed by atoms with E-state index < -0.39 is 12.1 Å². The summed E-state index contributed by atoms with van der Waals surface area (Å²) >= 11 is 6.15. The van der Waals surface area contributed by atoms with Crippen LogP contribution in [0.1, 0.15) is 48.1 Å². The van der Waals surface area contributed by atoms with Crippen LogP contribution in [0.3, 0.4) is 0 Å². The lowest BCUT2D eigenvalue weighted by Gasteiger charge is -2.30. The summed E-state index contributed by atoms with van der Waals surface area (Å²) in [5.74, 6) is 1.76. The molecule has 11 heteroatoms. The van der Waals surface area contributed by atoms with Gasteiger partial charge in [0.05, 0.1) is 24.9 Å². The number of piperidine rings is 1. The van der Waals surface area contributed by atoms with Crippen molar-refractivity contribution in [2.45, 2.75) is 38.3 Å². The molecule has 1 fully saturated rings. The first-order valence-electron chi connectivity index (χ1n) is 12.1. The Kier molecular flexibility index (Phi) is 6.84. The molecule has 0 spiro atoms. The predicted octanol–water partition coefficient (Wildman–Crippen LogP) is 3.78. The fraction of sp³-hybridized carbons (Fsp3) is 0.346. The number of carbonyl (C=O) groups excluding carboxylic acids is 1. The smallest absolute Gasteiger partial charge is 0.407 e. The first-order chi connectivity index (χ1) is 17.8. The first-order valence-corrected chi connectivity index (χ1v) is 12.4. The van der Waals surface area contributed by atoms with E-state index in [4.69, 9.17) is 21.3 Å². The van der Waals surface area contributed by atoms with Gasteiger partial charge in [-0.2, -0.15) is 0 Å². The van der Waals surface area contributed by atoms with Crippen molar-refractivity contribution in [3.8, 4) is 11.4 Å². The molecule has 0 saturated carbocycles. The molecule has 192 valence electrons. The second kappa shape index (κ2) is 10.2. The number of nitrogens with one attached hydrogen (secondary N) is 1. The number of aryl methyl sites for hydroxylation is 1. The van der Waals surface area contributed by atoms with Crippen LogP contribution in [-0.4, -0.2) is 68.7 Å². The standard InChI is InChI=1S/C26H27ClN6O4/c1-15-30-31-25-21(14-23(34)28-18-9-11-32(12-10-18)26(35)36)29-24(16-3-5-17(27)6-4-16)20-13-19(37-2)7-8-22(20)33(15)25/h3-8,13,18,21H,9-12,14H2,1-2H3,(H,28,34)(H,35,36)/t21-/m0/s1. The van der Waals surface area contributed by atoms with E-state index in [0.29, 0.717) is 54.1 Å². The fourth-order valence-corrected chi connectivity index (χ4v) is 4.98. The van der Waals surface area contributed by atoms with E-state index in [-0.39, 0.29) is 18.4 Å². The molecule has 3 aromatic rings. The van der Waals surface area contributed by atoms with Gasteiger partial charge in [0, 0.05) is 35.3 Å². The van der Waals surface area contributed by atoms with Crippen LogP contribution in [0.2, 0.25) is 5.02 Å². The van der Waals surface area contributed by atoms with E-state index in [1.807, 2.05) is 41.8 Å². The van der Waals surface area contributed by atoms with Gasteiger partial charge in [0.1, 0.15) is 17.6 Å². The Bertz CT molecular complexity index is 1360. The second-order valence-electron chi connectivity index (χ2n) is 9.14. The van der Waals surface area contributed by atoms with Gasteiger partial charge in [0.25, 0.3) is 0 Å². The molecule has 2 aromatic carbocycles. The number of rotatable bonds is 5. The summed E-state index contributed by atoms with van der Waals surface area (Å²) in [5, 5.41) is 21.6. The van der Waals surface area contributed by atoms with E-state index in [0.717, 1.165) is 16.8 Å². The Morgan fingerprint density at radius 1 is 1.14 bits per heavy atom. The lowest BCUT2D eigenvalue weighted by Crippen LogP contribution is -2.46. The minimum Gasteiger partial charge on any atom is -0.497 e. The van der Waals surface area contributed by atoms with Gasteiger partial charge < -0.3 is 20.1 Å². The number of ether oxygens (including phenoxy) is 1. The van der Waals surface area contributed by atoms with E-state index in [2.05, 4.69) is 15.5 Å². The third kappa shape index (κ3) is 5.01. The topological polar surface area (TPSA) is 122 Å². The number of carboxylic acid groups (broad SMARTS) is 1. The van der Waals surface area contributed by atoms with E-state index >= 15 is 0 Å². The third-order valence-electron chi connectivity index (χ3n) is 6.76. The van der Waals surface area contributed by atoms with Gasteiger partial charge in [-0.25, -0.2) is 4.79 Å². The molecule has 2 amide bonds. The maximum absolute atomic E-state index is 13.2. The maximum Gasteiger partial charge on any atom is 0.407 e. The molecule has 0 radical (unpaired) electrons. The van der Waals surface area contributed by atoms with Gasteiger partial charge in [-0.1, -0.05) is 23.7 Å². The van der Waals surface area contributed by atoms with Crippen molar-refractivity contribution in [1.29, 1.82) is 0 Å². The number of hydrogen-bond acceptors (Lipinski definition) is 6. The van der Waals surface area contributed by atoms with Crippen molar-refractivity contribution in [3.63, 3.8) is 0 Å². The predicted molar refractivity (Wildman–Crippen MR) is 138 cm³/mol. The Morgan fingerprint density at radius 2 is 1.86 bits per heavy atom. The van der Waals surface area contributed by atoms with Crippen molar-refractivity contribution < 1.29 is 19.4 Å². The number of likely N-dealkylation sites (tertiary alicyclic amines) is 1. The summed E-state index contributed by atoms with van der Waals surface area (Å²) in [5.41, 5.74) is 3.22. The van der Waals surface area contributed by atoms with Crippen LogP contribution in [0.25, 0.3) is 5.69 Å².